The van der Waals surface area contributed by atoms with Gasteiger partial charge in [0.25, 0.3) is 0 Å². The standard InChI is InChI=1S/C26H42F2NO5P/c1-2-3-4-5-6-7-8-9-10-11-12-13-17-20-24(30)29-23(21-26(27,28)34-35(32)33)25(31)22-18-15-14-16-19-22/h14-16,18-19,23,25,31H,2-13,17,20-21H2,1H3,(H-,29,30,32,33)/p+1/t23-,25+/m0/s1. The molecule has 0 aromatic heterocycles. The Hall–Kier alpha value is -1.47. The van der Waals surface area contributed by atoms with Gasteiger partial charge in [0.15, 0.2) is 0 Å². The normalized spacial score (nSPS) is 13.9. The highest BCUT2D eigenvalue weighted by Crippen LogP contribution is 2.35. The summed E-state index contributed by atoms with van der Waals surface area (Å²) in [4.78, 5) is 21.1. The number of halogens is 2. The van der Waals surface area contributed by atoms with Crippen molar-refractivity contribution in [2.24, 2.45) is 0 Å². The summed E-state index contributed by atoms with van der Waals surface area (Å²) >= 11 is 0. The second kappa shape index (κ2) is 18.8. The van der Waals surface area contributed by atoms with E-state index in [9.17, 15) is 23.2 Å². The van der Waals surface area contributed by atoms with Crippen molar-refractivity contribution in [2.45, 2.75) is 121 Å². The van der Waals surface area contributed by atoms with Crippen molar-refractivity contribution in [1.82, 2.24) is 5.32 Å². The average Bonchev–Trinajstić information content (AvgIpc) is 2.80. The molecule has 1 aromatic rings. The summed E-state index contributed by atoms with van der Waals surface area (Å²) in [5, 5.41) is 13.0. The van der Waals surface area contributed by atoms with E-state index < -0.39 is 38.8 Å². The number of aliphatic hydroxyl groups excluding tert-OH is 1. The van der Waals surface area contributed by atoms with Gasteiger partial charge in [0.1, 0.15) is 0 Å². The van der Waals surface area contributed by atoms with Crippen molar-refractivity contribution >= 4 is 14.2 Å². The summed E-state index contributed by atoms with van der Waals surface area (Å²) in [6, 6.07) is 6.74. The van der Waals surface area contributed by atoms with Crippen molar-refractivity contribution in [3.8, 4) is 0 Å². The number of amides is 1. The van der Waals surface area contributed by atoms with Gasteiger partial charge in [-0.15, -0.1) is 4.89 Å². The SMILES string of the molecule is CCCCCCCCCCCCCCCC(=O)N[C@@H](CC(F)(F)O[P+](=O)O)[C@H](O)c1ccccc1. The summed E-state index contributed by atoms with van der Waals surface area (Å²) < 4.78 is 42.5. The van der Waals surface area contributed by atoms with Gasteiger partial charge in [0.2, 0.25) is 5.91 Å². The Morgan fingerprint density at radius 2 is 1.43 bits per heavy atom. The predicted molar refractivity (Wildman–Crippen MR) is 134 cm³/mol. The van der Waals surface area contributed by atoms with Crippen LogP contribution in [0.4, 0.5) is 8.78 Å². The van der Waals surface area contributed by atoms with Crippen molar-refractivity contribution in [1.29, 1.82) is 0 Å². The first-order chi connectivity index (χ1) is 16.7. The van der Waals surface area contributed by atoms with Crippen LogP contribution in [0, 0.1) is 0 Å². The maximum Gasteiger partial charge on any atom is 0.701 e. The van der Waals surface area contributed by atoms with Gasteiger partial charge in [-0.25, -0.2) is 0 Å². The Balaban J connectivity index is 2.33. The van der Waals surface area contributed by atoms with Gasteiger partial charge in [-0.3, -0.25) is 4.79 Å². The van der Waals surface area contributed by atoms with Gasteiger partial charge in [0, 0.05) is 11.0 Å². The lowest BCUT2D eigenvalue weighted by Gasteiger charge is -2.26. The highest BCUT2D eigenvalue weighted by molar-refractivity contribution is 7.32. The third kappa shape index (κ3) is 16.0. The highest BCUT2D eigenvalue weighted by Gasteiger charge is 2.45. The van der Waals surface area contributed by atoms with Crippen molar-refractivity contribution in [2.75, 3.05) is 0 Å². The molecule has 3 N–H and O–H groups in total. The van der Waals surface area contributed by atoms with Crippen LogP contribution in [-0.2, 0) is 13.9 Å². The maximum atomic E-state index is 14.0. The molecule has 1 rings (SSSR count). The molecule has 35 heavy (non-hydrogen) atoms. The molecule has 0 aliphatic carbocycles. The number of benzene rings is 1. The van der Waals surface area contributed by atoms with Crippen LogP contribution in [0.5, 0.6) is 0 Å². The molecule has 6 nitrogen and oxygen atoms in total. The van der Waals surface area contributed by atoms with E-state index >= 15 is 0 Å². The fourth-order valence-corrected chi connectivity index (χ4v) is 4.42. The number of carbonyl (C=O) groups is 1. The molecule has 1 amide bonds. The van der Waals surface area contributed by atoms with E-state index in [1.165, 1.54) is 57.8 Å². The molecule has 0 aliphatic heterocycles. The van der Waals surface area contributed by atoms with Gasteiger partial charge in [-0.2, -0.15) is 8.78 Å². The largest absolute Gasteiger partial charge is 0.701 e. The summed E-state index contributed by atoms with van der Waals surface area (Å²) in [6.07, 6.45) is 8.91. The molecule has 0 spiro atoms. The van der Waals surface area contributed by atoms with Crippen LogP contribution in [0.15, 0.2) is 30.3 Å². The molecule has 1 unspecified atom stereocenters. The van der Waals surface area contributed by atoms with Gasteiger partial charge in [-0.05, 0) is 16.5 Å². The summed E-state index contributed by atoms with van der Waals surface area (Å²) in [6.45, 7) is 2.22. The number of nitrogens with one attached hydrogen (secondary N) is 1. The molecule has 200 valence electrons. The number of hydrogen-bond acceptors (Lipinski definition) is 4. The van der Waals surface area contributed by atoms with Crippen molar-refractivity contribution in [3.63, 3.8) is 0 Å². The molecule has 0 aliphatic rings. The van der Waals surface area contributed by atoms with Crippen molar-refractivity contribution < 1.29 is 32.7 Å². The Morgan fingerprint density at radius 1 is 0.943 bits per heavy atom. The van der Waals surface area contributed by atoms with E-state index in [1.54, 1.807) is 30.3 Å². The average molecular weight is 519 g/mol. The minimum Gasteiger partial charge on any atom is -0.386 e. The number of unbranched alkanes of at least 4 members (excludes halogenated alkanes) is 12. The van der Waals surface area contributed by atoms with Crippen LogP contribution < -0.4 is 5.32 Å². The lowest BCUT2D eigenvalue weighted by molar-refractivity contribution is -0.190. The lowest BCUT2D eigenvalue weighted by Crippen LogP contribution is -2.43. The minimum atomic E-state index is -3.98. The zero-order valence-electron chi connectivity index (χ0n) is 21.0. The number of carbonyl (C=O) groups excluding carboxylic acids is 1. The fourth-order valence-electron chi connectivity index (χ4n) is 4.11. The molecular formula is C26H43F2NO5P+. The molecule has 0 heterocycles. The van der Waals surface area contributed by atoms with Crippen LogP contribution in [0.25, 0.3) is 0 Å². The lowest BCUT2D eigenvalue weighted by atomic mass is 9.99. The second-order valence-electron chi connectivity index (χ2n) is 9.19. The fraction of sp³-hybridized carbons (Fsp3) is 0.731. The van der Waals surface area contributed by atoms with E-state index in [0.29, 0.717) is 12.0 Å². The van der Waals surface area contributed by atoms with E-state index in [4.69, 9.17) is 4.89 Å². The minimum absolute atomic E-state index is 0.163. The Labute approximate surface area is 209 Å². The first-order valence-electron chi connectivity index (χ1n) is 13.0. The van der Waals surface area contributed by atoms with E-state index in [-0.39, 0.29) is 6.42 Å². The molecule has 9 heteroatoms. The topological polar surface area (TPSA) is 95.9 Å². The van der Waals surface area contributed by atoms with Crippen LogP contribution in [0.1, 0.15) is 115 Å². The molecule has 0 saturated heterocycles. The Morgan fingerprint density at radius 3 is 1.91 bits per heavy atom. The first-order valence-corrected chi connectivity index (χ1v) is 14.1. The Bertz CT molecular complexity index is 708. The predicted octanol–water partition coefficient (Wildman–Crippen LogP) is 7.34. The van der Waals surface area contributed by atoms with E-state index in [1.807, 2.05) is 0 Å². The molecule has 1 aromatic carbocycles. The number of hydrogen-bond donors (Lipinski definition) is 3. The Kier molecular flexibility index (Phi) is 16.9. The second-order valence-corrected chi connectivity index (χ2v) is 9.85. The number of rotatable bonds is 21. The van der Waals surface area contributed by atoms with Crippen LogP contribution in [0.2, 0.25) is 0 Å². The van der Waals surface area contributed by atoms with Crippen LogP contribution in [0.3, 0.4) is 0 Å². The molecular weight excluding hydrogens is 475 g/mol. The molecule has 0 radical (unpaired) electrons. The molecule has 3 atom stereocenters. The quantitative estimate of drug-likeness (QED) is 0.117. The summed E-state index contributed by atoms with van der Waals surface area (Å²) in [7, 11) is -3.53. The van der Waals surface area contributed by atoms with Gasteiger partial charge in [0.05, 0.1) is 18.6 Å². The monoisotopic (exact) mass is 518 g/mol. The van der Waals surface area contributed by atoms with Gasteiger partial charge in [-0.1, -0.05) is 114 Å². The zero-order valence-corrected chi connectivity index (χ0v) is 21.9. The smallest absolute Gasteiger partial charge is 0.386 e. The van der Waals surface area contributed by atoms with Crippen LogP contribution in [-0.4, -0.2) is 28.1 Å². The van der Waals surface area contributed by atoms with E-state index in [2.05, 4.69) is 16.8 Å². The van der Waals surface area contributed by atoms with Gasteiger partial charge < -0.3 is 10.4 Å². The third-order valence-corrected chi connectivity index (χ3v) is 6.47. The highest BCUT2D eigenvalue weighted by atomic mass is 31.1. The number of alkyl halides is 2. The van der Waals surface area contributed by atoms with Gasteiger partial charge >= 0.3 is 14.4 Å². The maximum absolute atomic E-state index is 14.0. The first kappa shape index (κ1) is 31.6. The number of aliphatic hydroxyl groups is 1. The van der Waals surface area contributed by atoms with Crippen LogP contribution >= 0.6 is 8.25 Å². The van der Waals surface area contributed by atoms with E-state index in [0.717, 1.165) is 19.3 Å². The summed E-state index contributed by atoms with van der Waals surface area (Å²) in [5.74, 6) is -0.447. The molecule has 0 fully saturated rings. The zero-order chi connectivity index (χ0) is 25.9. The molecule has 0 bridgehead atoms. The summed E-state index contributed by atoms with van der Waals surface area (Å²) in [5.41, 5.74) is 0.350. The van der Waals surface area contributed by atoms with Crippen molar-refractivity contribution in [3.05, 3.63) is 35.9 Å². The third-order valence-electron chi connectivity index (χ3n) is 6.05. The molecule has 0 saturated carbocycles.